The highest BCUT2D eigenvalue weighted by atomic mass is 19.1. The molecular weight excluding hydrogens is 253 g/mol. The number of carbonyl (C=O) groups is 2. The number of anilines is 1. The number of aromatic carboxylic acids is 1. The molecule has 0 fully saturated rings. The number of amides is 1. The molecule has 2 aromatic rings. The number of carbonyl (C=O) groups excluding carboxylic acids is 1. The fourth-order valence-corrected chi connectivity index (χ4v) is 1.37. The van der Waals surface area contributed by atoms with Crippen LogP contribution < -0.4 is 5.32 Å². The van der Waals surface area contributed by atoms with Crippen molar-refractivity contribution in [1.82, 2.24) is 9.97 Å². The summed E-state index contributed by atoms with van der Waals surface area (Å²) in [7, 11) is 0. The Labute approximate surface area is 106 Å². The quantitative estimate of drug-likeness (QED) is 0.874. The Morgan fingerprint density at radius 1 is 1.26 bits per heavy atom. The summed E-state index contributed by atoms with van der Waals surface area (Å²) < 4.78 is 13.3. The molecule has 2 rings (SSSR count). The van der Waals surface area contributed by atoms with Gasteiger partial charge in [-0.2, -0.15) is 0 Å². The number of hydrogen-bond acceptors (Lipinski definition) is 4. The third-order valence-corrected chi connectivity index (χ3v) is 2.27. The summed E-state index contributed by atoms with van der Waals surface area (Å²) in [6.07, 6.45) is 3.43. The van der Waals surface area contributed by atoms with Crippen molar-refractivity contribution < 1.29 is 19.1 Å². The molecule has 0 unspecified atom stereocenters. The zero-order valence-corrected chi connectivity index (χ0v) is 9.50. The van der Waals surface area contributed by atoms with Crippen LogP contribution in [-0.2, 0) is 0 Å². The monoisotopic (exact) mass is 261 g/mol. The minimum absolute atomic E-state index is 0.0273. The highest BCUT2D eigenvalue weighted by Crippen LogP contribution is 2.10. The summed E-state index contributed by atoms with van der Waals surface area (Å²) in [6.45, 7) is 0. The standard InChI is InChI=1S/C12H8FN3O3/c13-9-6-14-3-2-8(9)11(17)16-10-5-7(12(18)19)1-4-15-10/h1-6H,(H,18,19)(H,15,16,17). The molecule has 7 heteroatoms. The summed E-state index contributed by atoms with van der Waals surface area (Å²) in [5, 5.41) is 11.1. The van der Waals surface area contributed by atoms with Gasteiger partial charge >= 0.3 is 5.97 Å². The van der Waals surface area contributed by atoms with Crippen LogP contribution in [0.2, 0.25) is 0 Å². The van der Waals surface area contributed by atoms with Gasteiger partial charge in [-0.15, -0.1) is 0 Å². The molecule has 0 spiro atoms. The zero-order valence-electron chi connectivity index (χ0n) is 9.50. The van der Waals surface area contributed by atoms with Crippen molar-refractivity contribution in [3.63, 3.8) is 0 Å². The second kappa shape index (κ2) is 5.21. The summed E-state index contributed by atoms with van der Waals surface area (Å²) in [5.74, 6) is -2.61. The molecule has 2 heterocycles. The van der Waals surface area contributed by atoms with Crippen LogP contribution in [0.15, 0.2) is 36.8 Å². The third kappa shape index (κ3) is 2.89. The van der Waals surface area contributed by atoms with E-state index >= 15 is 0 Å². The predicted octanol–water partition coefficient (Wildman–Crippen LogP) is 1.57. The summed E-state index contributed by atoms with van der Waals surface area (Å²) >= 11 is 0. The van der Waals surface area contributed by atoms with Crippen LogP contribution in [-0.4, -0.2) is 27.0 Å². The predicted molar refractivity (Wildman–Crippen MR) is 63.3 cm³/mol. The number of carboxylic acids is 1. The van der Waals surface area contributed by atoms with Gasteiger partial charge in [-0.25, -0.2) is 14.2 Å². The van der Waals surface area contributed by atoms with Crippen molar-refractivity contribution in [3.8, 4) is 0 Å². The normalized spacial score (nSPS) is 9.95. The van der Waals surface area contributed by atoms with Crippen molar-refractivity contribution in [2.75, 3.05) is 5.32 Å². The maximum atomic E-state index is 13.3. The molecule has 2 N–H and O–H groups in total. The van der Waals surface area contributed by atoms with Gasteiger partial charge in [0.1, 0.15) is 5.82 Å². The largest absolute Gasteiger partial charge is 0.478 e. The Morgan fingerprint density at radius 3 is 2.74 bits per heavy atom. The number of carboxylic acid groups (broad SMARTS) is 1. The summed E-state index contributed by atoms with van der Waals surface area (Å²) in [5.41, 5.74) is -0.224. The van der Waals surface area contributed by atoms with Gasteiger partial charge in [0.2, 0.25) is 0 Å². The Morgan fingerprint density at radius 2 is 2.05 bits per heavy atom. The van der Waals surface area contributed by atoms with Gasteiger partial charge in [-0.3, -0.25) is 9.78 Å². The first-order chi connectivity index (χ1) is 9.08. The van der Waals surface area contributed by atoms with E-state index in [4.69, 9.17) is 5.11 Å². The molecule has 0 saturated heterocycles. The first-order valence-electron chi connectivity index (χ1n) is 5.18. The van der Waals surface area contributed by atoms with E-state index in [2.05, 4.69) is 15.3 Å². The second-order valence-electron chi connectivity index (χ2n) is 3.54. The van der Waals surface area contributed by atoms with E-state index in [9.17, 15) is 14.0 Å². The average Bonchev–Trinajstić information content (AvgIpc) is 2.39. The van der Waals surface area contributed by atoms with Crippen molar-refractivity contribution in [2.24, 2.45) is 0 Å². The van der Waals surface area contributed by atoms with Crippen LogP contribution in [0.4, 0.5) is 10.2 Å². The molecule has 0 bridgehead atoms. The first-order valence-corrected chi connectivity index (χ1v) is 5.18. The van der Waals surface area contributed by atoms with Crippen LogP contribution in [0.3, 0.4) is 0 Å². The molecule has 19 heavy (non-hydrogen) atoms. The minimum atomic E-state index is -1.15. The molecular formula is C12H8FN3O3. The highest BCUT2D eigenvalue weighted by Gasteiger charge is 2.13. The Balaban J connectivity index is 2.22. The number of hydrogen-bond donors (Lipinski definition) is 2. The molecule has 0 aliphatic heterocycles. The SMILES string of the molecule is O=C(O)c1ccnc(NC(=O)c2ccncc2F)c1. The lowest BCUT2D eigenvalue weighted by Gasteiger charge is -2.05. The molecule has 6 nitrogen and oxygen atoms in total. The van der Waals surface area contributed by atoms with E-state index in [0.29, 0.717) is 0 Å². The van der Waals surface area contributed by atoms with E-state index in [0.717, 1.165) is 6.20 Å². The molecule has 96 valence electrons. The fourth-order valence-electron chi connectivity index (χ4n) is 1.37. The van der Waals surface area contributed by atoms with Crippen molar-refractivity contribution in [2.45, 2.75) is 0 Å². The topological polar surface area (TPSA) is 92.2 Å². The first kappa shape index (κ1) is 12.6. The highest BCUT2D eigenvalue weighted by molar-refractivity contribution is 6.04. The van der Waals surface area contributed by atoms with Crippen LogP contribution in [0.1, 0.15) is 20.7 Å². The van der Waals surface area contributed by atoms with Gasteiger partial charge in [-0.05, 0) is 18.2 Å². The molecule has 0 aromatic carbocycles. The summed E-state index contributed by atoms with van der Waals surface area (Å²) in [6, 6.07) is 3.68. The van der Waals surface area contributed by atoms with Gasteiger partial charge in [0.25, 0.3) is 5.91 Å². The van der Waals surface area contributed by atoms with Crippen LogP contribution in [0.25, 0.3) is 0 Å². The molecule has 0 atom stereocenters. The Bertz CT molecular complexity index is 646. The number of nitrogens with zero attached hydrogens (tertiary/aromatic N) is 2. The van der Waals surface area contributed by atoms with Gasteiger partial charge in [0.05, 0.1) is 17.3 Å². The fraction of sp³-hybridized carbons (Fsp3) is 0. The maximum absolute atomic E-state index is 13.3. The van der Waals surface area contributed by atoms with Gasteiger partial charge in [-0.1, -0.05) is 0 Å². The number of rotatable bonds is 3. The van der Waals surface area contributed by atoms with Crippen LogP contribution in [0.5, 0.6) is 0 Å². The van der Waals surface area contributed by atoms with Gasteiger partial charge < -0.3 is 10.4 Å². The van der Waals surface area contributed by atoms with E-state index in [1.165, 1.54) is 30.6 Å². The van der Waals surface area contributed by atoms with Gasteiger partial charge in [0, 0.05) is 12.4 Å². The number of nitrogens with one attached hydrogen (secondary N) is 1. The van der Waals surface area contributed by atoms with E-state index in [-0.39, 0.29) is 16.9 Å². The minimum Gasteiger partial charge on any atom is -0.478 e. The molecule has 2 aromatic heterocycles. The number of halogens is 1. The van der Waals surface area contributed by atoms with E-state index in [1.54, 1.807) is 0 Å². The lowest BCUT2D eigenvalue weighted by molar-refractivity contribution is 0.0696. The Kier molecular flexibility index (Phi) is 3.46. The van der Waals surface area contributed by atoms with Crippen molar-refractivity contribution in [1.29, 1.82) is 0 Å². The molecule has 1 amide bonds. The zero-order chi connectivity index (χ0) is 13.8. The third-order valence-electron chi connectivity index (χ3n) is 2.27. The molecule has 0 radical (unpaired) electrons. The second-order valence-corrected chi connectivity index (χ2v) is 3.54. The average molecular weight is 261 g/mol. The maximum Gasteiger partial charge on any atom is 0.335 e. The van der Waals surface area contributed by atoms with Gasteiger partial charge in [0.15, 0.2) is 5.82 Å². The number of pyridine rings is 2. The van der Waals surface area contributed by atoms with E-state index in [1.807, 2.05) is 0 Å². The lowest BCUT2D eigenvalue weighted by atomic mass is 10.2. The van der Waals surface area contributed by atoms with Crippen molar-refractivity contribution >= 4 is 17.7 Å². The molecule has 0 saturated carbocycles. The Hall–Kier alpha value is -2.83. The lowest BCUT2D eigenvalue weighted by Crippen LogP contribution is -2.15. The van der Waals surface area contributed by atoms with Crippen LogP contribution >= 0.6 is 0 Å². The number of aromatic nitrogens is 2. The van der Waals surface area contributed by atoms with E-state index < -0.39 is 17.7 Å². The molecule has 0 aliphatic rings. The van der Waals surface area contributed by atoms with Crippen molar-refractivity contribution in [3.05, 3.63) is 53.7 Å². The van der Waals surface area contributed by atoms with Crippen LogP contribution in [0, 0.1) is 5.82 Å². The smallest absolute Gasteiger partial charge is 0.335 e. The summed E-state index contributed by atoms with van der Waals surface area (Å²) in [4.78, 5) is 29.8. The molecule has 0 aliphatic carbocycles.